The van der Waals surface area contributed by atoms with E-state index in [1.54, 1.807) is 12.1 Å². The molecule has 188 valence electrons. The molecule has 0 aliphatic carbocycles. The van der Waals surface area contributed by atoms with Crippen LogP contribution in [0, 0.1) is 6.92 Å². The van der Waals surface area contributed by atoms with E-state index in [9.17, 15) is 14.4 Å². The highest BCUT2D eigenvalue weighted by molar-refractivity contribution is 7.09. The number of aromatic nitrogens is 1. The molecule has 1 N–H and O–H groups in total. The molecule has 0 bridgehead atoms. The van der Waals surface area contributed by atoms with Crippen molar-refractivity contribution in [2.45, 2.75) is 72.3 Å². The number of carbonyl (C=O) groups is 2. The molecule has 9 heteroatoms. The van der Waals surface area contributed by atoms with Crippen LogP contribution in [0.5, 0.6) is 5.75 Å². The monoisotopic (exact) mass is 500 g/mol. The van der Waals surface area contributed by atoms with Crippen molar-refractivity contribution in [1.29, 1.82) is 0 Å². The van der Waals surface area contributed by atoms with Gasteiger partial charge < -0.3 is 19.2 Å². The predicted molar refractivity (Wildman–Crippen MR) is 136 cm³/mol. The van der Waals surface area contributed by atoms with E-state index in [0.717, 1.165) is 23.4 Å². The van der Waals surface area contributed by atoms with E-state index in [1.807, 2.05) is 40.0 Å². The van der Waals surface area contributed by atoms with Crippen LogP contribution in [0.25, 0.3) is 22.2 Å². The minimum absolute atomic E-state index is 0.163. The maximum atomic E-state index is 13.0. The third-order valence-corrected chi connectivity index (χ3v) is 5.95. The molecule has 2 heterocycles. The van der Waals surface area contributed by atoms with Gasteiger partial charge in [0.05, 0.1) is 21.7 Å². The molecule has 2 aromatic heterocycles. The Morgan fingerprint density at radius 2 is 1.94 bits per heavy atom. The molecule has 3 aromatic rings. The van der Waals surface area contributed by atoms with Crippen LogP contribution in [0.1, 0.15) is 63.9 Å². The van der Waals surface area contributed by atoms with Gasteiger partial charge in [0.15, 0.2) is 0 Å². The quantitative estimate of drug-likeness (QED) is 0.225. The van der Waals surface area contributed by atoms with Crippen LogP contribution in [0.2, 0.25) is 0 Å². The smallest absolute Gasteiger partial charge is 0.407 e. The molecular formula is C26H32N2O6S. The lowest BCUT2D eigenvalue weighted by Crippen LogP contribution is -2.33. The van der Waals surface area contributed by atoms with Crippen molar-refractivity contribution in [3.05, 3.63) is 44.6 Å². The van der Waals surface area contributed by atoms with E-state index >= 15 is 0 Å². The van der Waals surface area contributed by atoms with Gasteiger partial charge in [-0.1, -0.05) is 13.3 Å². The average Bonchev–Trinajstić information content (AvgIpc) is 3.20. The zero-order valence-electron chi connectivity index (χ0n) is 20.9. The number of hydrogen-bond donors (Lipinski definition) is 1. The van der Waals surface area contributed by atoms with Gasteiger partial charge in [0.25, 0.3) is 0 Å². The van der Waals surface area contributed by atoms with E-state index in [4.69, 9.17) is 13.9 Å². The van der Waals surface area contributed by atoms with Crippen molar-refractivity contribution in [2.24, 2.45) is 0 Å². The Morgan fingerprint density at radius 3 is 2.60 bits per heavy atom. The largest absolute Gasteiger partial charge is 0.463 e. The Kier molecular flexibility index (Phi) is 8.67. The highest BCUT2D eigenvalue weighted by Crippen LogP contribution is 2.28. The van der Waals surface area contributed by atoms with Gasteiger partial charge >= 0.3 is 12.1 Å². The van der Waals surface area contributed by atoms with Crippen molar-refractivity contribution in [2.75, 3.05) is 6.54 Å². The number of amides is 1. The summed E-state index contributed by atoms with van der Waals surface area (Å²) in [4.78, 5) is 41.5. The minimum Gasteiger partial charge on any atom is -0.463 e. The molecule has 0 aliphatic rings. The normalized spacial score (nSPS) is 11.5. The lowest BCUT2D eigenvalue weighted by atomic mass is 10.1. The number of unbranched alkanes of at least 4 members (excludes halogenated alkanes) is 2. The molecule has 35 heavy (non-hydrogen) atoms. The fourth-order valence-electron chi connectivity index (χ4n) is 3.49. The zero-order valence-corrected chi connectivity index (χ0v) is 21.7. The molecule has 0 fully saturated rings. The minimum atomic E-state index is -0.529. The lowest BCUT2D eigenvalue weighted by molar-refractivity contribution is -0.134. The van der Waals surface area contributed by atoms with Gasteiger partial charge in [-0.3, -0.25) is 9.59 Å². The van der Waals surface area contributed by atoms with Crippen LogP contribution >= 0.6 is 11.3 Å². The topological polar surface area (TPSA) is 108 Å². The Morgan fingerprint density at radius 1 is 1.17 bits per heavy atom. The highest BCUT2D eigenvalue weighted by atomic mass is 32.1. The standard InChI is InChI=1S/C26H32N2O6S/c1-6-17-12-18-22(32-14-19(24(18)30)20-15-35-16(2)28-20)13-21(17)33-23(29)10-8-7-9-11-27-25(31)34-26(3,4)5/h12-15H,6-11H2,1-5H3,(H,27,31). The van der Waals surface area contributed by atoms with Crippen LogP contribution in [0.4, 0.5) is 4.79 Å². The average molecular weight is 501 g/mol. The molecule has 0 saturated carbocycles. The van der Waals surface area contributed by atoms with Gasteiger partial charge in [0.2, 0.25) is 5.43 Å². The number of ether oxygens (including phenoxy) is 2. The van der Waals surface area contributed by atoms with Crippen molar-refractivity contribution in [1.82, 2.24) is 10.3 Å². The maximum Gasteiger partial charge on any atom is 0.407 e. The van der Waals surface area contributed by atoms with Crippen molar-refractivity contribution in [3.63, 3.8) is 0 Å². The van der Waals surface area contributed by atoms with E-state index in [-0.39, 0.29) is 17.8 Å². The molecule has 8 nitrogen and oxygen atoms in total. The van der Waals surface area contributed by atoms with Crippen LogP contribution in [0.15, 0.2) is 33.0 Å². The molecular weight excluding hydrogens is 468 g/mol. The van der Waals surface area contributed by atoms with Gasteiger partial charge in [-0.05, 0) is 58.6 Å². The SMILES string of the molecule is CCc1cc2c(=O)c(-c3csc(C)n3)coc2cc1OC(=O)CCCCCNC(=O)OC(C)(C)C. The second kappa shape index (κ2) is 11.5. The maximum absolute atomic E-state index is 13.0. The Labute approximate surface area is 208 Å². The summed E-state index contributed by atoms with van der Waals surface area (Å²) in [5.41, 5.74) is 1.43. The van der Waals surface area contributed by atoms with Crippen molar-refractivity contribution in [3.8, 4) is 17.0 Å². The van der Waals surface area contributed by atoms with E-state index in [1.165, 1.54) is 17.6 Å². The van der Waals surface area contributed by atoms with Gasteiger partial charge in [0, 0.05) is 24.4 Å². The number of fused-ring (bicyclic) bond motifs is 1. The molecule has 1 amide bonds. The number of esters is 1. The van der Waals surface area contributed by atoms with Gasteiger partial charge in [-0.25, -0.2) is 9.78 Å². The van der Waals surface area contributed by atoms with Gasteiger partial charge in [-0.15, -0.1) is 11.3 Å². The summed E-state index contributed by atoms with van der Waals surface area (Å²) in [6.07, 6.45) is 3.93. The van der Waals surface area contributed by atoms with E-state index in [0.29, 0.717) is 47.4 Å². The molecule has 0 radical (unpaired) electrons. The summed E-state index contributed by atoms with van der Waals surface area (Å²) >= 11 is 1.47. The van der Waals surface area contributed by atoms with E-state index < -0.39 is 11.7 Å². The number of rotatable bonds is 9. The molecule has 0 unspecified atom stereocenters. The first-order valence-corrected chi connectivity index (χ1v) is 12.6. The Hall–Kier alpha value is -3.20. The van der Waals surface area contributed by atoms with Crippen LogP contribution in [0.3, 0.4) is 0 Å². The number of thiazole rings is 1. The number of alkyl carbamates (subject to hydrolysis) is 1. The third-order valence-electron chi connectivity index (χ3n) is 5.18. The summed E-state index contributed by atoms with van der Waals surface area (Å²) < 4.78 is 16.5. The lowest BCUT2D eigenvalue weighted by Gasteiger charge is -2.19. The number of carbonyl (C=O) groups excluding carboxylic acids is 2. The molecule has 1 aromatic carbocycles. The number of hydrogen-bond acceptors (Lipinski definition) is 8. The van der Waals surface area contributed by atoms with Crippen molar-refractivity contribution >= 4 is 34.4 Å². The molecule has 0 aliphatic heterocycles. The van der Waals surface area contributed by atoms with Crippen LogP contribution in [-0.2, 0) is 16.0 Å². The molecule has 0 spiro atoms. The number of nitrogens with one attached hydrogen (secondary N) is 1. The second-order valence-electron chi connectivity index (χ2n) is 9.25. The number of benzene rings is 1. The zero-order chi connectivity index (χ0) is 25.6. The molecule has 0 atom stereocenters. The molecule has 0 saturated heterocycles. The van der Waals surface area contributed by atoms with Crippen LogP contribution < -0.4 is 15.5 Å². The summed E-state index contributed by atoms with van der Waals surface area (Å²) in [7, 11) is 0. The van der Waals surface area contributed by atoms with E-state index in [2.05, 4.69) is 10.3 Å². The number of aryl methyl sites for hydroxylation is 2. The first-order chi connectivity index (χ1) is 16.6. The van der Waals surface area contributed by atoms with Crippen LogP contribution in [-0.4, -0.2) is 29.2 Å². The van der Waals surface area contributed by atoms with Crippen molar-refractivity contribution < 1.29 is 23.5 Å². The first-order valence-electron chi connectivity index (χ1n) is 11.8. The predicted octanol–water partition coefficient (Wildman–Crippen LogP) is 5.78. The Balaban J connectivity index is 1.57. The highest BCUT2D eigenvalue weighted by Gasteiger charge is 2.17. The first kappa shape index (κ1) is 26.4. The summed E-state index contributed by atoms with van der Waals surface area (Å²) in [5, 5.41) is 5.84. The summed E-state index contributed by atoms with van der Waals surface area (Å²) in [6, 6.07) is 3.34. The van der Waals surface area contributed by atoms with Gasteiger partial charge in [-0.2, -0.15) is 0 Å². The summed E-state index contributed by atoms with van der Waals surface area (Å²) in [5.74, 6) is 0.0491. The fraction of sp³-hybridized carbons (Fsp3) is 0.462. The number of nitrogens with zero attached hydrogens (tertiary/aromatic N) is 1. The fourth-order valence-corrected chi connectivity index (χ4v) is 4.10. The summed E-state index contributed by atoms with van der Waals surface area (Å²) in [6.45, 7) is 9.74. The second-order valence-corrected chi connectivity index (χ2v) is 10.3. The van der Waals surface area contributed by atoms with Gasteiger partial charge in [0.1, 0.15) is 23.2 Å². The third kappa shape index (κ3) is 7.39. The molecule has 3 rings (SSSR count). The Bertz CT molecular complexity index is 1250.